The Hall–Kier alpha value is -1.94. The number of aromatic nitrogens is 3. The number of sulfonamides is 1. The molecule has 0 saturated carbocycles. The van der Waals surface area contributed by atoms with Gasteiger partial charge in [-0.1, -0.05) is 22.5 Å². The highest BCUT2D eigenvalue weighted by Gasteiger charge is 2.23. The Kier molecular flexibility index (Phi) is 4.28. The molecule has 8 nitrogen and oxygen atoms in total. The van der Waals surface area contributed by atoms with Crippen LogP contribution in [0.4, 0.5) is 5.69 Å². The third-order valence-electron chi connectivity index (χ3n) is 2.70. The van der Waals surface area contributed by atoms with Gasteiger partial charge in [0.15, 0.2) is 4.60 Å². The zero-order valence-electron chi connectivity index (χ0n) is 11.1. The number of oxime groups is 1. The van der Waals surface area contributed by atoms with Gasteiger partial charge < -0.3 is 5.21 Å². The Morgan fingerprint density at radius 3 is 2.48 bits per heavy atom. The molecule has 0 saturated heterocycles. The van der Waals surface area contributed by atoms with Crippen molar-refractivity contribution in [3.63, 3.8) is 0 Å². The molecule has 0 aliphatic heterocycles. The van der Waals surface area contributed by atoms with E-state index in [-0.39, 0.29) is 9.63 Å². The van der Waals surface area contributed by atoms with Crippen LogP contribution in [0.2, 0.25) is 0 Å². The van der Waals surface area contributed by atoms with Crippen LogP contribution < -0.4 is 4.72 Å². The molecule has 0 unspecified atom stereocenters. The summed E-state index contributed by atoms with van der Waals surface area (Å²) in [6.07, 6.45) is 0. The highest BCUT2D eigenvalue weighted by atomic mass is 79.9. The number of aryl methyl sites for hydroxylation is 1. The largest absolute Gasteiger partial charge is 0.411 e. The Morgan fingerprint density at radius 1 is 1.38 bits per heavy atom. The third-order valence-corrected chi connectivity index (χ3v) is 4.96. The van der Waals surface area contributed by atoms with Crippen LogP contribution in [0.15, 0.2) is 39.1 Å². The molecule has 0 spiro atoms. The van der Waals surface area contributed by atoms with Crippen molar-refractivity contribution in [2.24, 2.45) is 12.2 Å². The van der Waals surface area contributed by atoms with Gasteiger partial charge in [0.2, 0.25) is 5.03 Å². The molecule has 0 aliphatic carbocycles. The van der Waals surface area contributed by atoms with Crippen LogP contribution in [0.1, 0.15) is 12.5 Å². The molecule has 2 rings (SSSR count). The summed E-state index contributed by atoms with van der Waals surface area (Å²) in [5.74, 6) is 0. The molecule has 2 N–H and O–H groups in total. The molecule has 0 amide bonds. The first-order chi connectivity index (χ1) is 9.85. The minimum absolute atomic E-state index is 0.0697. The molecular formula is C11H12BrN5O3S. The van der Waals surface area contributed by atoms with Crippen molar-refractivity contribution in [3.05, 3.63) is 34.4 Å². The first kappa shape index (κ1) is 15.4. The molecule has 112 valence electrons. The number of hydrogen-bond donors (Lipinski definition) is 2. The number of nitrogens with one attached hydrogen (secondary N) is 1. The summed E-state index contributed by atoms with van der Waals surface area (Å²) in [7, 11) is -2.33. The lowest BCUT2D eigenvalue weighted by atomic mass is 10.1. The zero-order valence-corrected chi connectivity index (χ0v) is 13.6. The topological polar surface area (TPSA) is 109 Å². The van der Waals surface area contributed by atoms with E-state index in [0.29, 0.717) is 17.0 Å². The second kappa shape index (κ2) is 5.82. The third kappa shape index (κ3) is 3.22. The van der Waals surface area contributed by atoms with Gasteiger partial charge in [-0.25, -0.2) is 4.68 Å². The summed E-state index contributed by atoms with van der Waals surface area (Å²) < 4.78 is 28.3. The lowest BCUT2D eigenvalue weighted by Crippen LogP contribution is -2.17. The van der Waals surface area contributed by atoms with Gasteiger partial charge in [0.25, 0.3) is 10.0 Å². The van der Waals surface area contributed by atoms with Gasteiger partial charge in [-0.15, -0.1) is 5.10 Å². The van der Waals surface area contributed by atoms with E-state index in [1.165, 1.54) is 7.05 Å². The summed E-state index contributed by atoms with van der Waals surface area (Å²) in [5, 5.41) is 19.0. The van der Waals surface area contributed by atoms with Crippen molar-refractivity contribution < 1.29 is 13.6 Å². The lowest BCUT2D eigenvalue weighted by Gasteiger charge is -2.08. The van der Waals surface area contributed by atoms with Crippen LogP contribution in [-0.4, -0.2) is 34.3 Å². The minimum atomic E-state index is -3.81. The van der Waals surface area contributed by atoms with Gasteiger partial charge in [-0.3, -0.25) is 4.72 Å². The van der Waals surface area contributed by atoms with E-state index in [1.54, 1.807) is 31.2 Å². The van der Waals surface area contributed by atoms with Crippen molar-refractivity contribution in [2.45, 2.75) is 11.9 Å². The van der Waals surface area contributed by atoms with E-state index in [1.807, 2.05) is 0 Å². The van der Waals surface area contributed by atoms with Crippen molar-refractivity contribution in [1.82, 2.24) is 15.0 Å². The SMILES string of the molecule is C/C(=N/O)c1ccc(NS(=O)(=O)c2c(Br)nnn2C)cc1. The number of hydrogen-bond acceptors (Lipinski definition) is 6. The van der Waals surface area contributed by atoms with Crippen LogP contribution in [0.5, 0.6) is 0 Å². The maximum atomic E-state index is 12.3. The Balaban J connectivity index is 2.30. The average Bonchev–Trinajstić information content (AvgIpc) is 2.78. The number of halogens is 1. The normalized spacial score (nSPS) is 12.4. The predicted molar refractivity (Wildman–Crippen MR) is 80.0 cm³/mol. The second-order valence-corrected chi connectivity index (χ2v) is 6.53. The highest BCUT2D eigenvalue weighted by molar-refractivity contribution is 9.10. The molecule has 21 heavy (non-hydrogen) atoms. The molecule has 10 heteroatoms. The highest BCUT2D eigenvalue weighted by Crippen LogP contribution is 2.21. The maximum Gasteiger partial charge on any atom is 0.281 e. The molecule has 0 atom stereocenters. The van der Waals surface area contributed by atoms with Gasteiger partial charge in [0.05, 0.1) is 5.71 Å². The van der Waals surface area contributed by atoms with Crippen LogP contribution in [0.25, 0.3) is 0 Å². The first-order valence-electron chi connectivity index (χ1n) is 5.72. The number of rotatable bonds is 4. The monoisotopic (exact) mass is 373 g/mol. The summed E-state index contributed by atoms with van der Waals surface area (Å²) in [5.41, 5.74) is 1.49. The minimum Gasteiger partial charge on any atom is -0.411 e. The van der Waals surface area contributed by atoms with Gasteiger partial charge in [-0.05, 0) is 40.5 Å². The van der Waals surface area contributed by atoms with Crippen LogP contribution in [0.3, 0.4) is 0 Å². The maximum absolute atomic E-state index is 12.3. The summed E-state index contributed by atoms with van der Waals surface area (Å²) in [6, 6.07) is 6.42. The number of nitrogens with zero attached hydrogens (tertiary/aromatic N) is 4. The van der Waals surface area contributed by atoms with E-state index in [9.17, 15) is 8.42 Å². The fraction of sp³-hybridized carbons (Fsp3) is 0.182. The fourth-order valence-corrected chi connectivity index (χ4v) is 3.81. The van der Waals surface area contributed by atoms with Crippen molar-refractivity contribution in [3.8, 4) is 0 Å². The predicted octanol–water partition coefficient (Wildman–Crippen LogP) is 1.58. The van der Waals surface area contributed by atoms with Crippen LogP contribution >= 0.6 is 15.9 Å². The average molecular weight is 374 g/mol. The van der Waals surface area contributed by atoms with E-state index in [4.69, 9.17) is 5.21 Å². The standard InChI is InChI=1S/C11H12BrN5O3S/c1-7(14-18)8-3-5-9(6-4-8)15-21(19,20)11-10(12)13-16-17(11)2/h3-6,15,18H,1-2H3/b14-7-. The molecule has 0 bridgehead atoms. The first-order valence-corrected chi connectivity index (χ1v) is 8.00. The summed E-state index contributed by atoms with van der Waals surface area (Å²) >= 11 is 3.05. The van der Waals surface area contributed by atoms with Crippen LogP contribution in [0, 0.1) is 0 Å². The van der Waals surface area contributed by atoms with E-state index in [0.717, 1.165) is 4.68 Å². The quantitative estimate of drug-likeness (QED) is 0.480. The smallest absolute Gasteiger partial charge is 0.281 e. The molecule has 1 aromatic carbocycles. The van der Waals surface area contributed by atoms with Gasteiger partial charge >= 0.3 is 0 Å². The zero-order chi connectivity index (χ0) is 15.6. The molecule has 1 aromatic heterocycles. The van der Waals surface area contributed by atoms with Crippen molar-refractivity contribution >= 4 is 37.4 Å². The van der Waals surface area contributed by atoms with Crippen molar-refractivity contribution in [2.75, 3.05) is 4.72 Å². The molecule has 0 aliphatic rings. The number of anilines is 1. The molecule has 0 radical (unpaired) electrons. The fourth-order valence-electron chi connectivity index (χ4n) is 1.65. The van der Waals surface area contributed by atoms with Crippen LogP contribution in [-0.2, 0) is 17.1 Å². The van der Waals surface area contributed by atoms with E-state index < -0.39 is 10.0 Å². The van der Waals surface area contributed by atoms with Gasteiger partial charge in [-0.2, -0.15) is 8.42 Å². The molecule has 1 heterocycles. The summed E-state index contributed by atoms with van der Waals surface area (Å²) in [4.78, 5) is 0. The Morgan fingerprint density at radius 2 is 2.00 bits per heavy atom. The number of benzene rings is 1. The van der Waals surface area contributed by atoms with E-state index in [2.05, 4.69) is 36.1 Å². The lowest BCUT2D eigenvalue weighted by molar-refractivity contribution is 0.319. The Labute approximate surface area is 129 Å². The Bertz CT molecular complexity index is 763. The summed E-state index contributed by atoms with van der Waals surface area (Å²) in [6.45, 7) is 1.64. The molecule has 2 aromatic rings. The molecule has 0 fully saturated rings. The van der Waals surface area contributed by atoms with Gasteiger partial charge in [0.1, 0.15) is 0 Å². The van der Waals surface area contributed by atoms with Gasteiger partial charge in [0, 0.05) is 12.7 Å². The van der Waals surface area contributed by atoms with Crippen molar-refractivity contribution in [1.29, 1.82) is 0 Å². The van der Waals surface area contributed by atoms with E-state index >= 15 is 0 Å². The second-order valence-electron chi connectivity index (χ2n) is 4.18. The molecular weight excluding hydrogens is 362 g/mol.